The summed E-state index contributed by atoms with van der Waals surface area (Å²) in [5, 5.41) is 0. The quantitative estimate of drug-likeness (QED) is 0.713. The van der Waals surface area contributed by atoms with Crippen molar-refractivity contribution in [2.75, 3.05) is 0 Å². The van der Waals surface area contributed by atoms with Crippen LogP contribution in [0.1, 0.15) is 22.5 Å². The number of halogens is 3. The lowest BCUT2D eigenvalue weighted by Crippen LogP contribution is -2.15. The van der Waals surface area contributed by atoms with Gasteiger partial charge in [-0.2, -0.15) is 4.39 Å². The summed E-state index contributed by atoms with van der Waals surface area (Å²) in [6, 6.07) is 1.68. The van der Waals surface area contributed by atoms with Gasteiger partial charge in [-0.3, -0.25) is 4.79 Å². The van der Waals surface area contributed by atoms with Crippen LogP contribution in [0.15, 0.2) is 12.1 Å². The maximum atomic E-state index is 12.4. The molecule has 0 atom stereocenters. The third kappa shape index (κ3) is 1.95. The molecule has 0 saturated carbocycles. The number of nitrogens with zero attached hydrogens (tertiary/aromatic N) is 1. The molecule has 2 N–H and O–H groups in total. The SMILES string of the molecule is NC(=O)c1ccc(F)nc1C(F)F. The Balaban J connectivity index is 3.26. The molecule has 0 aliphatic rings. The molecular weight excluding hydrogens is 185 g/mol. The molecule has 0 aliphatic heterocycles. The van der Waals surface area contributed by atoms with Gasteiger partial charge in [0.2, 0.25) is 5.95 Å². The fraction of sp³-hybridized carbons (Fsp3) is 0.143. The van der Waals surface area contributed by atoms with Crippen molar-refractivity contribution in [1.29, 1.82) is 0 Å². The van der Waals surface area contributed by atoms with E-state index >= 15 is 0 Å². The fourth-order valence-electron chi connectivity index (χ4n) is 0.825. The van der Waals surface area contributed by atoms with Crippen LogP contribution in [-0.4, -0.2) is 10.9 Å². The number of alkyl halides is 2. The first-order valence-corrected chi connectivity index (χ1v) is 3.26. The monoisotopic (exact) mass is 190 g/mol. The van der Waals surface area contributed by atoms with Crippen LogP contribution in [0.3, 0.4) is 0 Å². The van der Waals surface area contributed by atoms with Gasteiger partial charge in [-0.05, 0) is 12.1 Å². The number of primary amides is 1. The zero-order valence-corrected chi connectivity index (χ0v) is 6.30. The van der Waals surface area contributed by atoms with Gasteiger partial charge in [-0.15, -0.1) is 0 Å². The molecule has 0 aliphatic carbocycles. The van der Waals surface area contributed by atoms with Crippen molar-refractivity contribution < 1.29 is 18.0 Å². The first-order chi connectivity index (χ1) is 6.02. The summed E-state index contributed by atoms with van der Waals surface area (Å²) in [5.41, 5.74) is 3.38. The highest BCUT2D eigenvalue weighted by atomic mass is 19.3. The first kappa shape index (κ1) is 9.50. The number of nitrogens with two attached hydrogens (primary N) is 1. The third-order valence-corrected chi connectivity index (χ3v) is 1.36. The van der Waals surface area contributed by atoms with Gasteiger partial charge in [0, 0.05) is 0 Å². The van der Waals surface area contributed by atoms with Crippen LogP contribution in [0, 0.1) is 5.95 Å². The van der Waals surface area contributed by atoms with Gasteiger partial charge in [0.05, 0.1) is 5.56 Å². The van der Waals surface area contributed by atoms with Crippen molar-refractivity contribution in [2.45, 2.75) is 6.43 Å². The molecule has 1 aromatic heterocycles. The molecule has 3 nitrogen and oxygen atoms in total. The highest BCUT2D eigenvalue weighted by Gasteiger charge is 2.18. The Morgan fingerprint density at radius 1 is 1.46 bits per heavy atom. The summed E-state index contributed by atoms with van der Waals surface area (Å²) in [6.07, 6.45) is -3.02. The Hall–Kier alpha value is -1.59. The number of amides is 1. The van der Waals surface area contributed by atoms with Crippen molar-refractivity contribution in [3.05, 3.63) is 29.3 Å². The van der Waals surface area contributed by atoms with E-state index in [1.165, 1.54) is 0 Å². The molecule has 13 heavy (non-hydrogen) atoms. The molecule has 0 spiro atoms. The average molecular weight is 190 g/mol. The van der Waals surface area contributed by atoms with Crippen molar-refractivity contribution in [2.24, 2.45) is 5.73 Å². The summed E-state index contributed by atoms with van der Waals surface area (Å²) in [4.78, 5) is 13.4. The Morgan fingerprint density at radius 3 is 2.54 bits per heavy atom. The van der Waals surface area contributed by atoms with E-state index in [2.05, 4.69) is 4.98 Å². The van der Waals surface area contributed by atoms with E-state index in [9.17, 15) is 18.0 Å². The number of rotatable bonds is 2. The molecule has 0 unspecified atom stereocenters. The van der Waals surface area contributed by atoms with Crippen LogP contribution in [0.4, 0.5) is 13.2 Å². The highest BCUT2D eigenvalue weighted by molar-refractivity contribution is 5.93. The second-order valence-corrected chi connectivity index (χ2v) is 2.23. The predicted molar refractivity (Wildman–Crippen MR) is 37.7 cm³/mol. The second-order valence-electron chi connectivity index (χ2n) is 2.23. The summed E-state index contributed by atoms with van der Waals surface area (Å²) in [6.45, 7) is 0. The standard InChI is InChI=1S/C7H5F3N2O/c8-4-2-1-3(7(11)13)5(12-4)6(9)10/h1-2,6H,(H2,11,13). The van der Waals surface area contributed by atoms with E-state index in [-0.39, 0.29) is 0 Å². The zero-order chi connectivity index (χ0) is 10.0. The van der Waals surface area contributed by atoms with E-state index in [0.717, 1.165) is 12.1 Å². The van der Waals surface area contributed by atoms with E-state index < -0.39 is 29.5 Å². The molecule has 6 heteroatoms. The smallest absolute Gasteiger partial charge is 0.281 e. The average Bonchev–Trinajstić information content (AvgIpc) is 2.03. The number of hydrogen-bond acceptors (Lipinski definition) is 2. The van der Waals surface area contributed by atoms with Gasteiger partial charge in [-0.1, -0.05) is 0 Å². The van der Waals surface area contributed by atoms with Crippen molar-refractivity contribution in [1.82, 2.24) is 4.98 Å². The molecular formula is C7H5F3N2O. The molecule has 0 aromatic carbocycles. The van der Waals surface area contributed by atoms with Gasteiger partial charge in [0.1, 0.15) is 5.69 Å². The number of aromatic nitrogens is 1. The lowest BCUT2D eigenvalue weighted by molar-refractivity contribution is 0.0982. The van der Waals surface area contributed by atoms with Crippen LogP contribution >= 0.6 is 0 Å². The van der Waals surface area contributed by atoms with Crippen LogP contribution in [0.2, 0.25) is 0 Å². The van der Waals surface area contributed by atoms with Gasteiger partial charge in [0.25, 0.3) is 12.3 Å². The van der Waals surface area contributed by atoms with E-state index in [1.807, 2.05) is 0 Å². The summed E-state index contributed by atoms with van der Waals surface area (Å²) in [7, 11) is 0. The van der Waals surface area contributed by atoms with E-state index in [4.69, 9.17) is 5.73 Å². The van der Waals surface area contributed by atoms with Crippen LogP contribution in [0.25, 0.3) is 0 Å². The fourth-order valence-corrected chi connectivity index (χ4v) is 0.825. The van der Waals surface area contributed by atoms with Gasteiger partial charge in [0.15, 0.2) is 0 Å². The molecule has 0 radical (unpaired) electrons. The maximum Gasteiger partial charge on any atom is 0.281 e. The van der Waals surface area contributed by atoms with Crippen LogP contribution in [-0.2, 0) is 0 Å². The molecule has 70 valence electrons. The topological polar surface area (TPSA) is 56.0 Å². The third-order valence-electron chi connectivity index (χ3n) is 1.36. The molecule has 0 fully saturated rings. The Morgan fingerprint density at radius 2 is 2.08 bits per heavy atom. The minimum Gasteiger partial charge on any atom is -0.366 e. The van der Waals surface area contributed by atoms with Crippen LogP contribution in [0.5, 0.6) is 0 Å². The highest BCUT2D eigenvalue weighted by Crippen LogP contribution is 2.20. The first-order valence-electron chi connectivity index (χ1n) is 3.26. The van der Waals surface area contributed by atoms with Crippen molar-refractivity contribution in [3.8, 4) is 0 Å². The van der Waals surface area contributed by atoms with E-state index in [0.29, 0.717) is 0 Å². The van der Waals surface area contributed by atoms with Gasteiger partial charge < -0.3 is 5.73 Å². The molecule has 1 heterocycles. The Kier molecular flexibility index (Phi) is 2.50. The maximum absolute atomic E-state index is 12.4. The summed E-state index contributed by atoms with van der Waals surface area (Å²) >= 11 is 0. The molecule has 0 saturated heterocycles. The summed E-state index contributed by atoms with van der Waals surface area (Å²) < 4.78 is 36.6. The normalized spacial score (nSPS) is 10.5. The lowest BCUT2D eigenvalue weighted by atomic mass is 10.2. The zero-order valence-electron chi connectivity index (χ0n) is 6.30. The Bertz CT molecular complexity index is 341. The minimum absolute atomic E-state index is 0.462. The van der Waals surface area contributed by atoms with Crippen molar-refractivity contribution in [3.63, 3.8) is 0 Å². The Labute approximate surface area is 71.4 Å². The largest absolute Gasteiger partial charge is 0.366 e. The predicted octanol–water partition coefficient (Wildman–Crippen LogP) is 1.26. The lowest BCUT2D eigenvalue weighted by Gasteiger charge is -2.03. The number of hydrogen-bond donors (Lipinski definition) is 1. The van der Waals surface area contributed by atoms with Gasteiger partial charge in [-0.25, -0.2) is 13.8 Å². The number of carbonyl (C=O) groups is 1. The van der Waals surface area contributed by atoms with Crippen molar-refractivity contribution >= 4 is 5.91 Å². The molecule has 1 aromatic rings. The molecule has 0 bridgehead atoms. The number of pyridine rings is 1. The van der Waals surface area contributed by atoms with E-state index in [1.54, 1.807) is 0 Å². The van der Waals surface area contributed by atoms with Crippen LogP contribution < -0.4 is 5.73 Å². The number of carbonyl (C=O) groups excluding carboxylic acids is 1. The van der Waals surface area contributed by atoms with Gasteiger partial charge >= 0.3 is 0 Å². The minimum atomic E-state index is -3.02. The summed E-state index contributed by atoms with van der Waals surface area (Å²) in [5.74, 6) is -2.12. The molecule has 1 amide bonds. The molecule has 1 rings (SSSR count). The second kappa shape index (κ2) is 3.42.